The lowest BCUT2D eigenvalue weighted by atomic mass is 10.2. The molecule has 4 aromatic rings. The molecule has 0 saturated carbocycles. The molecular formula is C26H22N4O6. The highest BCUT2D eigenvalue weighted by molar-refractivity contribution is 6.29. The molecule has 0 atom stereocenters. The first kappa shape index (κ1) is 24.0. The number of esters is 2. The summed E-state index contributed by atoms with van der Waals surface area (Å²) in [5.74, 6) is -0.798. The third-order valence-corrected chi connectivity index (χ3v) is 4.90. The predicted molar refractivity (Wildman–Crippen MR) is 130 cm³/mol. The molecule has 2 heterocycles. The summed E-state index contributed by atoms with van der Waals surface area (Å²) in [6.07, 6.45) is 6.03. The molecule has 36 heavy (non-hydrogen) atoms. The standard InChI is InChI=1S/C26H22N4O6/c27-19-9-11-29-13-23(19)35-21-7-3-1-5-17(21)15-33-25(31)26(32)34-16-18-6-2-4-8-22(18)36-24-14-30-12-10-20(24)28/h1-14H,15-16H2,(H2,27,29)(H2,28,30). The molecule has 2 aromatic carbocycles. The summed E-state index contributed by atoms with van der Waals surface area (Å²) in [6, 6.07) is 16.9. The average molecular weight is 486 g/mol. The van der Waals surface area contributed by atoms with Gasteiger partial charge in [0.15, 0.2) is 11.5 Å². The molecule has 0 amide bonds. The Hall–Kier alpha value is -5.12. The zero-order chi connectivity index (χ0) is 25.3. The summed E-state index contributed by atoms with van der Waals surface area (Å²) < 4.78 is 21.8. The van der Waals surface area contributed by atoms with Crippen LogP contribution in [0.5, 0.6) is 23.0 Å². The van der Waals surface area contributed by atoms with E-state index in [1.165, 1.54) is 12.4 Å². The fourth-order valence-corrected chi connectivity index (χ4v) is 3.04. The fraction of sp³-hybridized carbons (Fsp3) is 0.0769. The van der Waals surface area contributed by atoms with E-state index in [4.69, 9.17) is 30.4 Å². The van der Waals surface area contributed by atoms with Crippen LogP contribution in [-0.2, 0) is 32.3 Å². The number of rotatable bonds is 8. The van der Waals surface area contributed by atoms with Crippen LogP contribution in [0.4, 0.5) is 11.4 Å². The molecular weight excluding hydrogens is 464 g/mol. The number of benzene rings is 2. The van der Waals surface area contributed by atoms with Crippen molar-refractivity contribution in [1.29, 1.82) is 0 Å². The third-order valence-electron chi connectivity index (χ3n) is 4.90. The minimum Gasteiger partial charge on any atom is -0.453 e. The number of nitrogen functional groups attached to an aromatic ring is 2. The summed E-state index contributed by atoms with van der Waals surface area (Å²) >= 11 is 0. The van der Waals surface area contributed by atoms with E-state index in [9.17, 15) is 9.59 Å². The van der Waals surface area contributed by atoms with Gasteiger partial charge in [0.25, 0.3) is 0 Å². The van der Waals surface area contributed by atoms with Gasteiger partial charge in [-0.15, -0.1) is 0 Å². The van der Waals surface area contributed by atoms with Crippen molar-refractivity contribution >= 4 is 23.3 Å². The van der Waals surface area contributed by atoms with Crippen LogP contribution in [0.3, 0.4) is 0 Å². The minimum atomic E-state index is -1.15. The van der Waals surface area contributed by atoms with Crippen molar-refractivity contribution in [2.75, 3.05) is 11.5 Å². The fourth-order valence-electron chi connectivity index (χ4n) is 3.04. The second-order valence-corrected chi connectivity index (χ2v) is 7.40. The van der Waals surface area contributed by atoms with Crippen molar-refractivity contribution in [2.45, 2.75) is 13.2 Å². The highest BCUT2D eigenvalue weighted by Crippen LogP contribution is 2.30. The van der Waals surface area contributed by atoms with Gasteiger partial charge in [0.2, 0.25) is 0 Å². The predicted octanol–water partition coefficient (Wildman–Crippen LogP) is 4.01. The highest BCUT2D eigenvalue weighted by atomic mass is 16.6. The molecule has 0 bridgehead atoms. The molecule has 0 aliphatic carbocycles. The lowest BCUT2D eigenvalue weighted by Gasteiger charge is -2.13. The highest BCUT2D eigenvalue weighted by Gasteiger charge is 2.20. The van der Waals surface area contributed by atoms with Crippen molar-refractivity contribution in [3.63, 3.8) is 0 Å². The van der Waals surface area contributed by atoms with Gasteiger partial charge in [0.1, 0.15) is 24.7 Å². The maximum Gasteiger partial charge on any atom is 0.417 e. The number of aromatic nitrogens is 2. The van der Waals surface area contributed by atoms with Gasteiger partial charge in [0.05, 0.1) is 23.8 Å². The Labute approximate surface area is 206 Å². The number of nitrogens with two attached hydrogens (primary N) is 2. The molecule has 2 aromatic heterocycles. The number of ether oxygens (including phenoxy) is 4. The molecule has 0 saturated heterocycles. The van der Waals surface area contributed by atoms with E-state index in [0.29, 0.717) is 45.5 Å². The van der Waals surface area contributed by atoms with E-state index in [-0.39, 0.29) is 13.2 Å². The van der Waals surface area contributed by atoms with Crippen molar-refractivity contribution in [2.24, 2.45) is 0 Å². The quantitative estimate of drug-likeness (QED) is 0.276. The molecule has 0 aliphatic heterocycles. The topological polar surface area (TPSA) is 149 Å². The Balaban J connectivity index is 1.35. The Morgan fingerprint density at radius 2 is 1.03 bits per heavy atom. The summed E-state index contributed by atoms with van der Waals surface area (Å²) in [7, 11) is 0. The lowest BCUT2D eigenvalue weighted by molar-refractivity contribution is -0.169. The van der Waals surface area contributed by atoms with E-state index in [1.807, 2.05) is 0 Å². The normalized spacial score (nSPS) is 10.3. The molecule has 0 spiro atoms. The van der Waals surface area contributed by atoms with E-state index in [2.05, 4.69) is 9.97 Å². The number of anilines is 2. The Kier molecular flexibility index (Phi) is 7.57. The first-order chi connectivity index (χ1) is 17.5. The van der Waals surface area contributed by atoms with Gasteiger partial charge in [-0.05, 0) is 24.3 Å². The molecule has 0 radical (unpaired) electrons. The maximum absolute atomic E-state index is 12.3. The van der Waals surface area contributed by atoms with Crippen molar-refractivity contribution in [3.8, 4) is 23.0 Å². The van der Waals surface area contributed by atoms with Crippen molar-refractivity contribution in [1.82, 2.24) is 9.97 Å². The lowest BCUT2D eigenvalue weighted by Crippen LogP contribution is -2.20. The zero-order valence-corrected chi connectivity index (χ0v) is 19.0. The van der Waals surface area contributed by atoms with Crippen LogP contribution < -0.4 is 20.9 Å². The van der Waals surface area contributed by atoms with Crippen LogP contribution in [0.2, 0.25) is 0 Å². The molecule has 10 nitrogen and oxygen atoms in total. The first-order valence-electron chi connectivity index (χ1n) is 10.8. The van der Waals surface area contributed by atoms with Crippen LogP contribution in [0.25, 0.3) is 0 Å². The van der Waals surface area contributed by atoms with Crippen molar-refractivity contribution < 1.29 is 28.5 Å². The smallest absolute Gasteiger partial charge is 0.417 e. The van der Waals surface area contributed by atoms with Crippen LogP contribution in [0, 0.1) is 0 Å². The molecule has 4 N–H and O–H groups in total. The second kappa shape index (κ2) is 11.3. The van der Waals surface area contributed by atoms with Gasteiger partial charge in [-0.3, -0.25) is 9.97 Å². The van der Waals surface area contributed by atoms with E-state index >= 15 is 0 Å². The molecule has 10 heteroatoms. The summed E-state index contributed by atoms with van der Waals surface area (Å²) in [6.45, 7) is -0.436. The van der Waals surface area contributed by atoms with Gasteiger partial charge >= 0.3 is 11.9 Å². The minimum absolute atomic E-state index is 0.218. The third kappa shape index (κ3) is 6.06. The Morgan fingerprint density at radius 1 is 0.611 bits per heavy atom. The van der Waals surface area contributed by atoms with Crippen LogP contribution >= 0.6 is 0 Å². The monoisotopic (exact) mass is 486 g/mol. The number of pyridine rings is 2. The maximum atomic E-state index is 12.3. The zero-order valence-electron chi connectivity index (χ0n) is 19.0. The SMILES string of the molecule is Nc1ccncc1Oc1ccccc1COC(=O)C(=O)OCc1ccccc1Oc1cnccc1N. The molecule has 0 unspecified atom stereocenters. The summed E-state index contributed by atoms with van der Waals surface area (Å²) in [5.41, 5.74) is 13.6. The van der Waals surface area contributed by atoms with Crippen molar-refractivity contribution in [3.05, 3.63) is 96.6 Å². The number of carbonyl (C=O) groups is 2. The van der Waals surface area contributed by atoms with Gasteiger partial charge in [-0.2, -0.15) is 0 Å². The number of carbonyl (C=O) groups excluding carboxylic acids is 2. The second-order valence-electron chi connectivity index (χ2n) is 7.40. The van der Waals surface area contributed by atoms with E-state index < -0.39 is 11.9 Å². The number of nitrogens with zero attached hydrogens (tertiary/aromatic N) is 2. The van der Waals surface area contributed by atoms with Gasteiger partial charge < -0.3 is 30.4 Å². The van der Waals surface area contributed by atoms with Gasteiger partial charge in [0, 0.05) is 23.5 Å². The molecule has 182 valence electrons. The Bertz CT molecular complexity index is 1270. The number of hydrogen-bond donors (Lipinski definition) is 2. The van der Waals surface area contributed by atoms with Gasteiger partial charge in [-0.1, -0.05) is 36.4 Å². The Morgan fingerprint density at radius 3 is 1.44 bits per heavy atom. The van der Waals surface area contributed by atoms with E-state index in [0.717, 1.165) is 0 Å². The average Bonchev–Trinajstić information content (AvgIpc) is 2.90. The molecule has 4 rings (SSSR count). The van der Waals surface area contributed by atoms with Crippen LogP contribution in [-0.4, -0.2) is 21.9 Å². The number of para-hydroxylation sites is 2. The van der Waals surface area contributed by atoms with Crippen LogP contribution in [0.15, 0.2) is 85.5 Å². The van der Waals surface area contributed by atoms with E-state index in [1.54, 1.807) is 73.1 Å². The molecule has 0 fully saturated rings. The molecule has 0 aliphatic rings. The van der Waals surface area contributed by atoms with Gasteiger partial charge in [-0.25, -0.2) is 9.59 Å². The van der Waals surface area contributed by atoms with Crippen LogP contribution in [0.1, 0.15) is 11.1 Å². The number of hydrogen-bond acceptors (Lipinski definition) is 10. The largest absolute Gasteiger partial charge is 0.453 e. The summed E-state index contributed by atoms with van der Waals surface area (Å²) in [5, 5.41) is 0. The summed E-state index contributed by atoms with van der Waals surface area (Å²) in [4.78, 5) is 32.5. The first-order valence-corrected chi connectivity index (χ1v) is 10.8.